The molecule has 0 amide bonds. The van der Waals surface area contributed by atoms with Gasteiger partial charge in [-0.1, -0.05) is 12.8 Å². The molecule has 0 N–H and O–H groups in total. The number of hydrogen-bond donors (Lipinski definition) is 0. The van der Waals surface area contributed by atoms with Gasteiger partial charge in [0.25, 0.3) is 0 Å². The monoisotopic (exact) mass is 156 g/mol. The molecular formula is C8H14NS. The van der Waals surface area contributed by atoms with Crippen molar-refractivity contribution in [1.29, 1.82) is 0 Å². The van der Waals surface area contributed by atoms with Gasteiger partial charge in [0.1, 0.15) is 5.55 Å². The van der Waals surface area contributed by atoms with E-state index in [0.29, 0.717) is 0 Å². The molecule has 1 fully saturated rings. The molecule has 0 heterocycles. The maximum Gasteiger partial charge on any atom is 0.123 e. The Morgan fingerprint density at radius 1 is 1.50 bits per heavy atom. The Morgan fingerprint density at radius 2 is 2.20 bits per heavy atom. The Balaban J connectivity index is 2.06. The van der Waals surface area contributed by atoms with Gasteiger partial charge in [0, 0.05) is 11.8 Å². The van der Waals surface area contributed by atoms with Crippen molar-refractivity contribution >= 4 is 17.3 Å². The molecule has 2 heteroatoms. The molecule has 0 bridgehead atoms. The predicted octanol–water partition coefficient (Wildman–Crippen LogP) is 2.59. The van der Waals surface area contributed by atoms with Crippen LogP contribution in [0, 0.1) is 0 Å². The van der Waals surface area contributed by atoms with Gasteiger partial charge in [0.05, 0.1) is 0 Å². The molecule has 1 rings (SSSR count). The van der Waals surface area contributed by atoms with E-state index in [4.69, 9.17) is 0 Å². The molecule has 0 saturated heterocycles. The van der Waals surface area contributed by atoms with E-state index in [2.05, 4.69) is 10.5 Å². The van der Waals surface area contributed by atoms with Crippen molar-refractivity contribution in [2.45, 2.75) is 37.9 Å². The molecule has 0 spiro atoms. The number of rotatable bonds is 3. The van der Waals surface area contributed by atoms with E-state index in [1.165, 1.54) is 25.7 Å². The molecule has 1 nitrogen and oxygen atoms in total. The third-order valence-corrected chi connectivity index (χ3v) is 2.78. The fourth-order valence-electron chi connectivity index (χ4n) is 1.18. The van der Waals surface area contributed by atoms with E-state index >= 15 is 0 Å². The zero-order chi connectivity index (χ0) is 7.23. The second-order valence-electron chi connectivity index (χ2n) is 2.59. The van der Waals surface area contributed by atoms with Gasteiger partial charge in [0.15, 0.2) is 0 Å². The van der Waals surface area contributed by atoms with Crippen LogP contribution in [-0.2, 0) is 0 Å². The first-order valence-electron chi connectivity index (χ1n) is 4.00. The quantitative estimate of drug-likeness (QED) is 0.452. The normalized spacial score (nSPS) is 20.9. The first kappa shape index (κ1) is 8.12. The average molecular weight is 156 g/mol. The number of hydrogen-bond acceptors (Lipinski definition) is 2. The molecular weight excluding hydrogens is 142 g/mol. The minimum Gasteiger partial charge on any atom is -0.276 e. The average Bonchev–Trinajstić information content (AvgIpc) is 2.41. The summed E-state index contributed by atoms with van der Waals surface area (Å²) in [6, 6.07) is 0. The summed E-state index contributed by atoms with van der Waals surface area (Å²) in [5, 5.41) is 0.829. The largest absolute Gasteiger partial charge is 0.276 e. The highest BCUT2D eigenvalue weighted by molar-refractivity contribution is 8.12. The minimum atomic E-state index is 0.829. The Labute approximate surface area is 67.3 Å². The van der Waals surface area contributed by atoms with Gasteiger partial charge >= 0.3 is 0 Å². The molecule has 0 aromatic heterocycles. The van der Waals surface area contributed by atoms with E-state index in [9.17, 15) is 0 Å². The van der Waals surface area contributed by atoms with E-state index in [0.717, 1.165) is 11.8 Å². The molecule has 1 aliphatic carbocycles. The third kappa shape index (κ3) is 2.74. The van der Waals surface area contributed by atoms with Gasteiger partial charge in [-0.05, 0) is 19.8 Å². The van der Waals surface area contributed by atoms with Crippen LogP contribution in [0.4, 0.5) is 0 Å². The highest BCUT2D eigenvalue weighted by atomic mass is 32.2. The zero-order valence-corrected chi connectivity index (χ0v) is 7.28. The van der Waals surface area contributed by atoms with Gasteiger partial charge in [-0.15, -0.1) is 11.8 Å². The molecule has 10 heavy (non-hydrogen) atoms. The lowest BCUT2D eigenvalue weighted by Gasteiger charge is -2.00. The SMILES string of the molecule is CCN=[C]SC1CCCC1. The summed E-state index contributed by atoms with van der Waals surface area (Å²) in [5.74, 6) is 0. The lowest BCUT2D eigenvalue weighted by atomic mass is 10.4. The van der Waals surface area contributed by atoms with Crippen LogP contribution in [0.15, 0.2) is 4.99 Å². The lowest BCUT2D eigenvalue weighted by Crippen LogP contribution is -1.92. The highest BCUT2D eigenvalue weighted by Crippen LogP contribution is 2.27. The maximum absolute atomic E-state index is 4.05. The Kier molecular flexibility index (Phi) is 3.88. The number of nitrogens with zero attached hydrogens (tertiary/aromatic N) is 1. The molecule has 1 radical (unpaired) electrons. The van der Waals surface area contributed by atoms with Crippen molar-refractivity contribution in [3.8, 4) is 0 Å². The summed E-state index contributed by atoms with van der Waals surface area (Å²) in [4.78, 5) is 4.05. The Hall–Kier alpha value is 0.0200. The van der Waals surface area contributed by atoms with Crippen LogP contribution < -0.4 is 0 Å². The van der Waals surface area contributed by atoms with Crippen molar-refractivity contribution in [1.82, 2.24) is 0 Å². The van der Waals surface area contributed by atoms with Crippen LogP contribution in [0.3, 0.4) is 0 Å². The Morgan fingerprint density at radius 3 is 2.80 bits per heavy atom. The zero-order valence-electron chi connectivity index (χ0n) is 6.47. The van der Waals surface area contributed by atoms with Crippen LogP contribution in [0.25, 0.3) is 0 Å². The fraction of sp³-hybridized carbons (Fsp3) is 0.875. The van der Waals surface area contributed by atoms with Crippen LogP contribution in [0.1, 0.15) is 32.6 Å². The van der Waals surface area contributed by atoms with Crippen molar-refractivity contribution < 1.29 is 0 Å². The second kappa shape index (κ2) is 4.78. The summed E-state index contributed by atoms with van der Waals surface area (Å²) in [6.07, 6.45) is 5.56. The first-order valence-corrected chi connectivity index (χ1v) is 4.88. The molecule has 57 valence electrons. The van der Waals surface area contributed by atoms with E-state index in [1.54, 1.807) is 11.8 Å². The maximum atomic E-state index is 4.05. The van der Waals surface area contributed by atoms with Crippen molar-refractivity contribution in [2.75, 3.05) is 6.54 Å². The summed E-state index contributed by atoms with van der Waals surface area (Å²) in [5.41, 5.74) is 3.02. The Bertz CT molecular complexity index is 106. The summed E-state index contributed by atoms with van der Waals surface area (Å²) in [6.45, 7) is 2.92. The van der Waals surface area contributed by atoms with E-state index in [1.807, 2.05) is 6.92 Å². The van der Waals surface area contributed by atoms with Crippen LogP contribution >= 0.6 is 11.8 Å². The summed E-state index contributed by atoms with van der Waals surface area (Å²) >= 11 is 1.79. The molecule has 0 aliphatic heterocycles. The smallest absolute Gasteiger partial charge is 0.123 e. The van der Waals surface area contributed by atoms with Crippen LogP contribution in [-0.4, -0.2) is 17.3 Å². The van der Waals surface area contributed by atoms with Gasteiger partial charge in [0.2, 0.25) is 0 Å². The fourth-order valence-corrected chi connectivity index (χ4v) is 2.10. The molecule has 0 aromatic rings. The van der Waals surface area contributed by atoms with E-state index < -0.39 is 0 Å². The first-order chi connectivity index (χ1) is 4.93. The van der Waals surface area contributed by atoms with Crippen molar-refractivity contribution in [2.24, 2.45) is 4.99 Å². The standard InChI is InChI=1S/C8H14NS/c1-2-9-7-10-8-5-3-4-6-8/h8H,2-6H2,1H3. The van der Waals surface area contributed by atoms with Crippen LogP contribution in [0.2, 0.25) is 0 Å². The molecule has 0 atom stereocenters. The van der Waals surface area contributed by atoms with Gasteiger partial charge in [-0.3, -0.25) is 4.99 Å². The summed E-state index contributed by atoms with van der Waals surface area (Å²) in [7, 11) is 0. The third-order valence-electron chi connectivity index (χ3n) is 1.74. The van der Waals surface area contributed by atoms with Crippen molar-refractivity contribution in [3.63, 3.8) is 0 Å². The second-order valence-corrected chi connectivity index (χ2v) is 3.67. The minimum absolute atomic E-state index is 0.829. The van der Waals surface area contributed by atoms with Gasteiger partial charge in [-0.25, -0.2) is 0 Å². The van der Waals surface area contributed by atoms with Gasteiger partial charge in [-0.2, -0.15) is 0 Å². The predicted molar refractivity (Wildman–Crippen MR) is 47.8 cm³/mol. The molecule has 1 aliphatic rings. The van der Waals surface area contributed by atoms with Gasteiger partial charge < -0.3 is 0 Å². The molecule has 0 aromatic carbocycles. The number of aliphatic imine (C=N–C) groups is 1. The molecule has 0 unspecified atom stereocenters. The number of thioether (sulfide) groups is 1. The molecule has 1 saturated carbocycles. The lowest BCUT2D eigenvalue weighted by molar-refractivity contribution is 0.886. The topological polar surface area (TPSA) is 12.4 Å². The summed E-state index contributed by atoms with van der Waals surface area (Å²) < 4.78 is 0. The van der Waals surface area contributed by atoms with E-state index in [-0.39, 0.29) is 0 Å². The van der Waals surface area contributed by atoms with Crippen molar-refractivity contribution in [3.05, 3.63) is 0 Å². The highest BCUT2D eigenvalue weighted by Gasteiger charge is 2.13. The van der Waals surface area contributed by atoms with Crippen LogP contribution in [0.5, 0.6) is 0 Å².